The molecule has 1 rings (SSSR count). The smallest absolute Gasteiger partial charge is 0.189 e. The SMILES string of the molecule is CCOCOc1cccnc1. The summed E-state index contributed by atoms with van der Waals surface area (Å²) >= 11 is 0. The molecule has 0 radical (unpaired) electrons. The third-order valence-electron chi connectivity index (χ3n) is 1.15. The van der Waals surface area contributed by atoms with Crippen molar-refractivity contribution in [3.8, 4) is 5.75 Å². The summed E-state index contributed by atoms with van der Waals surface area (Å²) in [7, 11) is 0. The van der Waals surface area contributed by atoms with Crippen LogP contribution in [-0.2, 0) is 4.74 Å². The van der Waals surface area contributed by atoms with E-state index in [9.17, 15) is 0 Å². The first kappa shape index (κ1) is 8.01. The van der Waals surface area contributed by atoms with Crippen LogP contribution >= 0.6 is 0 Å². The third kappa shape index (κ3) is 3.00. The van der Waals surface area contributed by atoms with Crippen LogP contribution in [0.3, 0.4) is 0 Å². The van der Waals surface area contributed by atoms with Gasteiger partial charge in [-0.3, -0.25) is 4.98 Å². The highest BCUT2D eigenvalue weighted by atomic mass is 16.7. The standard InChI is InChI=1S/C8H11NO2/c1-2-10-7-11-8-4-3-5-9-6-8/h3-6H,2,7H2,1H3. The van der Waals surface area contributed by atoms with E-state index in [2.05, 4.69) is 4.98 Å². The molecule has 0 spiro atoms. The minimum absolute atomic E-state index is 0.294. The van der Waals surface area contributed by atoms with Crippen molar-refractivity contribution >= 4 is 0 Å². The van der Waals surface area contributed by atoms with Gasteiger partial charge in [0.05, 0.1) is 6.20 Å². The second-order valence-electron chi connectivity index (χ2n) is 1.94. The Kier molecular flexibility index (Phi) is 3.41. The summed E-state index contributed by atoms with van der Waals surface area (Å²) in [5.41, 5.74) is 0. The maximum Gasteiger partial charge on any atom is 0.189 e. The van der Waals surface area contributed by atoms with Crippen molar-refractivity contribution in [2.24, 2.45) is 0 Å². The van der Waals surface area contributed by atoms with Crippen LogP contribution < -0.4 is 4.74 Å². The predicted octanol–water partition coefficient (Wildman–Crippen LogP) is 1.45. The largest absolute Gasteiger partial charge is 0.466 e. The van der Waals surface area contributed by atoms with Crippen LogP contribution in [0.1, 0.15) is 6.92 Å². The highest BCUT2D eigenvalue weighted by molar-refractivity contribution is 5.14. The number of pyridine rings is 1. The summed E-state index contributed by atoms with van der Waals surface area (Å²) < 4.78 is 10.1. The molecule has 0 amide bonds. The summed E-state index contributed by atoms with van der Waals surface area (Å²) in [5, 5.41) is 0. The molecule has 0 aromatic carbocycles. The van der Waals surface area contributed by atoms with Crippen LogP contribution in [-0.4, -0.2) is 18.4 Å². The van der Waals surface area contributed by atoms with Gasteiger partial charge in [-0.25, -0.2) is 0 Å². The average molecular weight is 153 g/mol. The maximum atomic E-state index is 5.16. The molecule has 0 fully saturated rings. The Morgan fingerprint density at radius 2 is 2.45 bits per heavy atom. The molecule has 0 atom stereocenters. The lowest BCUT2D eigenvalue weighted by molar-refractivity contribution is 0.0222. The second-order valence-corrected chi connectivity index (χ2v) is 1.94. The lowest BCUT2D eigenvalue weighted by atomic mass is 10.5. The van der Waals surface area contributed by atoms with Crippen LogP contribution in [0.15, 0.2) is 24.5 Å². The first-order valence-electron chi connectivity index (χ1n) is 3.54. The third-order valence-corrected chi connectivity index (χ3v) is 1.15. The number of hydrogen-bond acceptors (Lipinski definition) is 3. The van der Waals surface area contributed by atoms with Gasteiger partial charge in [-0.2, -0.15) is 0 Å². The van der Waals surface area contributed by atoms with E-state index >= 15 is 0 Å². The summed E-state index contributed by atoms with van der Waals surface area (Å²) in [4.78, 5) is 3.88. The Labute approximate surface area is 66.0 Å². The van der Waals surface area contributed by atoms with Gasteiger partial charge < -0.3 is 9.47 Å². The van der Waals surface area contributed by atoms with Crippen molar-refractivity contribution in [2.75, 3.05) is 13.4 Å². The number of ether oxygens (including phenoxy) is 2. The molecule has 1 aromatic rings. The second kappa shape index (κ2) is 4.68. The predicted molar refractivity (Wildman–Crippen MR) is 41.4 cm³/mol. The fourth-order valence-electron chi connectivity index (χ4n) is 0.626. The molecule has 3 nitrogen and oxygen atoms in total. The Hall–Kier alpha value is -1.09. The van der Waals surface area contributed by atoms with Crippen LogP contribution in [0.25, 0.3) is 0 Å². The number of rotatable bonds is 4. The van der Waals surface area contributed by atoms with Crippen LogP contribution in [0.5, 0.6) is 5.75 Å². The maximum absolute atomic E-state index is 5.16. The van der Waals surface area contributed by atoms with Crippen molar-refractivity contribution < 1.29 is 9.47 Å². The molecule has 60 valence electrons. The molecule has 0 aliphatic rings. The van der Waals surface area contributed by atoms with Crippen molar-refractivity contribution in [1.29, 1.82) is 0 Å². The highest BCUT2D eigenvalue weighted by Gasteiger charge is 1.88. The molecule has 0 saturated heterocycles. The molecule has 3 heteroatoms. The molecule has 0 saturated carbocycles. The number of aromatic nitrogens is 1. The van der Waals surface area contributed by atoms with E-state index in [1.165, 1.54) is 0 Å². The lowest BCUT2D eigenvalue weighted by Crippen LogP contribution is -2.01. The Morgan fingerprint density at radius 3 is 3.09 bits per heavy atom. The molecule has 0 bridgehead atoms. The van der Waals surface area contributed by atoms with Crippen molar-refractivity contribution in [2.45, 2.75) is 6.92 Å². The number of hydrogen-bond donors (Lipinski definition) is 0. The van der Waals surface area contributed by atoms with Gasteiger partial charge in [-0.1, -0.05) is 0 Å². The molecule has 1 aromatic heterocycles. The van der Waals surface area contributed by atoms with Gasteiger partial charge in [0, 0.05) is 12.8 Å². The van der Waals surface area contributed by atoms with Crippen LogP contribution in [0.4, 0.5) is 0 Å². The molecule has 0 aliphatic heterocycles. The molecular weight excluding hydrogens is 142 g/mol. The van der Waals surface area contributed by atoms with Gasteiger partial charge >= 0.3 is 0 Å². The zero-order valence-corrected chi connectivity index (χ0v) is 6.49. The Bertz CT molecular complexity index is 189. The van der Waals surface area contributed by atoms with Crippen molar-refractivity contribution in [1.82, 2.24) is 4.98 Å². The van der Waals surface area contributed by atoms with Crippen molar-refractivity contribution in [3.63, 3.8) is 0 Å². The molecule has 0 unspecified atom stereocenters. The van der Waals surface area contributed by atoms with Crippen molar-refractivity contribution in [3.05, 3.63) is 24.5 Å². The molecule has 0 N–H and O–H groups in total. The molecular formula is C8H11NO2. The van der Waals surface area contributed by atoms with Crippen LogP contribution in [0.2, 0.25) is 0 Å². The van der Waals surface area contributed by atoms with E-state index in [-0.39, 0.29) is 0 Å². The lowest BCUT2D eigenvalue weighted by Gasteiger charge is -2.03. The first-order chi connectivity index (χ1) is 5.43. The quantitative estimate of drug-likeness (QED) is 0.484. The average Bonchev–Trinajstić information content (AvgIpc) is 2.07. The summed E-state index contributed by atoms with van der Waals surface area (Å²) in [6, 6.07) is 3.66. The zero-order chi connectivity index (χ0) is 7.94. The van der Waals surface area contributed by atoms with E-state index in [1.807, 2.05) is 19.1 Å². The van der Waals surface area contributed by atoms with Gasteiger partial charge in [0.15, 0.2) is 6.79 Å². The minimum atomic E-state index is 0.294. The van der Waals surface area contributed by atoms with E-state index in [0.717, 1.165) is 5.75 Å². The van der Waals surface area contributed by atoms with Gasteiger partial charge in [0.2, 0.25) is 0 Å². The van der Waals surface area contributed by atoms with Gasteiger partial charge in [-0.05, 0) is 19.1 Å². The summed E-state index contributed by atoms with van der Waals surface area (Å²) in [6.07, 6.45) is 3.35. The van der Waals surface area contributed by atoms with Gasteiger partial charge in [-0.15, -0.1) is 0 Å². The monoisotopic (exact) mass is 153 g/mol. The summed E-state index contributed by atoms with van der Waals surface area (Å²) in [5.74, 6) is 0.737. The highest BCUT2D eigenvalue weighted by Crippen LogP contribution is 2.05. The topological polar surface area (TPSA) is 31.4 Å². The first-order valence-corrected chi connectivity index (χ1v) is 3.54. The van der Waals surface area contributed by atoms with Crippen LogP contribution in [0, 0.1) is 0 Å². The number of nitrogens with zero attached hydrogens (tertiary/aromatic N) is 1. The van der Waals surface area contributed by atoms with Gasteiger partial charge in [0.1, 0.15) is 5.75 Å². The minimum Gasteiger partial charge on any atom is -0.466 e. The van der Waals surface area contributed by atoms with E-state index < -0.39 is 0 Å². The van der Waals surface area contributed by atoms with E-state index in [1.54, 1.807) is 12.4 Å². The Balaban J connectivity index is 2.28. The molecule has 11 heavy (non-hydrogen) atoms. The fraction of sp³-hybridized carbons (Fsp3) is 0.375. The zero-order valence-electron chi connectivity index (χ0n) is 6.49. The van der Waals surface area contributed by atoms with E-state index in [0.29, 0.717) is 13.4 Å². The molecule has 1 heterocycles. The summed E-state index contributed by atoms with van der Waals surface area (Å²) in [6.45, 7) is 2.88. The Morgan fingerprint density at radius 1 is 1.55 bits per heavy atom. The van der Waals surface area contributed by atoms with E-state index in [4.69, 9.17) is 9.47 Å². The molecule has 0 aliphatic carbocycles. The normalized spacial score (nSPS) is 9.55. The fourth-order valence-corrected chi connectivity index (χ4v) is 0.626. The van der Waals surface area contributed by atoms with Gasteiger partial charge in [0.25, 0.3) is 0 Å².